The second-order valence-corrected chi connectivity index (χ2v) is 5.70. The molecule has 0 saturated carbocycles. The molecule has 1 atom stereocenters. The molecule has 0 saturated heterocycles. The maximum atomic E-state index is 2.33. The first kappa shape index (κ1) is 11.4. The topological polar surface area (TPSA) is 4.93 Å². The first-order valence-electron chi connectivity index (χ1n) is 6.12. The molecular formula is C16H15NS. The van der Waals surface area contributed by atoms with Gasteiger partial charge < -0.3 is 4.57 Å². The number of hydrogen-bond acceptors (Lipinski definition) is 1. The summed E-state index contributed by atoms with van der Waals surface area (Å²) in [7, 11) is 0. The first-order chi connectivity index (χ1) is 8.84. The Hall–Kier alpha value is -1.67. The molecule has 1 unspecified atom stereocenters. The third kappa shape index (κ3) is 2.16. The zero-order valence-electron chi connectivity index (χ0n) is 10.3. The van der Waals surface area contributed by atoms with Crippen LogP contribution in [0.5, 0.6) is 0 Å². The highest BCUT2D eigenvalue weighted by molar-refractivity contribution is 7.99. The molecule has 0 aliphatic rings. The van der Waals surface area contributed by atoms with Crippen molar-refractivity contribution < 1.29 is 0 Å². The summed E-state index contributed by atoms with van der Waals surface area (Å²) >= 11 is 1.88. The highest BCUT2D eigenvalue weighted by Gasteiger charge is 2.08. The average Bonchev–Trinajstić information content (AvgIpc) is 2.84. The predicted molar refractivity (Wildman–Crippen MR) is 78.9 cm³/mol. The van der Waals surface area contributed by atoms with Crippen LogP contribution in [0.4, 0.5) is 0 Å². The molecule has 0 N–H and O–H groups in total. The van der Waals surface area contributed by atoms with E-state index < -0.39 is 0 Å². The lowest BCUT2D eigenvalue weighted by Crippen LogP contribution is -1.98. The second kappa shape index (κ2) is 4.91. The standard InChI is InChI=1S/C16H15NS/c1-13(18-15-8-3-2-4-9-15)17-12-11-14-7-5-6-10-16(14)17/h2-13H,1H3. The Morgan fingerprint density at radius 2 is 1.61 bits per heavy atom. The lowest BCUT2D eigenvalue weighted by atomic mass is 10.2. The van der Waals surface area contributed by atoms with Crippen molar-refractivity contribution in [2.75, 3.05) is 0 Å². The largest absolute Gasteiger partial charge is 0.335 e. The Morgan fingerprint density at radius 1 is 0.889 bits per heavy atom. The Labute approximate surface area is 111 Å². The van der Waals surface area contributed by atoms with E-state index in [-0.39, 0.29) is 0 Å². The van der Waals surface area contributed by atoms with Gasteiger partial charge in [-0.05, 0) is 36.6 Å². The number of hydrogen-bond donors (Lipinski definition) is 0. The van der Waals surface area contributed by atoms with E-state index in [1.807, 2.05) is 11.8 Å². The Morgan fingerprint density at radius 3 is 2.44 bits per heavy atom. The number of para-hydroxylation sites is 1. The molecule has 3 aromatic rings. The molecule has 0 fully saturated rings. The molecule has 0 bridgehead atoms. The number of fused-ring (bicyclic) bond motifs is 1. The molecule has 1 nitrogen and oxygen atoms in total. The van der Waals surface area contributed by atoms with E-state index in [2.05, 4.69) is 78.4 Å². The molecule has 18 heavy (non-hydrogen) atoms. The van der Waals surface area contributed by atoms with E-state index in [1.54, 1.807) is 0 Å². The summed E-state index contributed by atoms with van der Waals surface area (Å²) in [6.07, 6.45) is 2.17. The molecule has 3 rings (SSSR count). The van der Waals surface area contributed by atoms with Crippen molar-refractivity contribution in [2.24, 2.45) is 0 Å². The van der Waals surface area contributed by atoms with Gasteiger partial charge in [0.25, 0.3) is 0 Å². The van der Waals surface area contributed by atoms with Gasteiger partial charge in [-0.3, -0.25) is 0 Å². The molecule has 2 aromatic carbocycles. The zero-order chi connectivity index (χ0) is 12.4. The molecule has 0 amide bonds. The quantitative estimate of drug-likeness (QED) is 0.598. The highest BCUT2D eigenvalue weighted by Crippen LogP contribution is 2.33. The highest BCUT2D eigenvalue weighted by atomic mass is 32.2. The molecule has 1 heterocycles. The van der Waals surface area contributed by atoms with Crippen LogP contribution in [0.25, 0.3) is 10.9 Å². The maximum absolute atomic E-state index is 2.33. The zero-order valence-corrected chi connectivity index (χ0v) is 11.1. The van der Waals surface area contributed by atoms with Gasteiger partial charge >= 0.3 is 0 Å². The third-order valence-electron chi connectivity index (χ3n) is 3.07. The van der Waals surface area contributed by atoms with Gasteiger partial charge in [0.2, 0.25) is 0 Å². The summed E-state index contributed by atoms with van der Waals surface area (Å²) in [5.41, 5.74) is 1.30. The lowest BCUT2D eigenvalue weighted by Gasteiger charge is -2.14. The maximum Gasteiger partial charge on any atom is 0.0811 e. The molecule has 90 valence electrons. The minimum absolute atomic E-state index is 0.396. The number of nitrogens with zero attached hydrogens (tertiary/aromatic N) is 1. The Balaban J connectivity index is 1.90. The van der Waals surface area contributed by atoms with E-state index >= 15 is 0 Å². The van der Waals surface area contributed by atoms with Crippen LogP contribution in [-0.2, 0) is 0 Å². The van der Waals surface area contributed by atoms with Crippen molar-refractivity contribution in [1.29, 1.82) is 0 Å². The molecule has 2 heteroatoms. The number of thioether (sulfide) groups is 1. The van der Waals surface area contributed by atoms with Crippen LogP contribution in [-0.4, -0.2) is 4.57 Å². The summed E-state index contributed by atoms with van der Waals surface area (Å²) < 4.78 is 2.33. The summed E-state index contributed by atoms with van der Waals surface area (Å²) in [4.78, 5) is 1.31. The van der Waals surface area contributed by atoms with Crippen molar-refractivity contribution in [2.45, 2.75) is 17.2 Å². The number of benzene rings is 2. The normalized spacial score (nSPS) is 12.7. The van der Waals surface area contributed by atoms with Crippen LogP contribution in [0.2, 0.25) is 0 Å². The fourth-order valence-corrected chi connectivity index (χ4v) is 3.18. The van der Waals surface area contributed by atoms with Crippen molar-refractivity contribution in [3.63, 3.8) is 0 Å². The van der Waals surface area contributed by atoms with Gasteiger partial charge in [-0.15, -0.1) is 11.8 Å². The van der Waals surface area contributed by atoms with Gasteiger partial charge in [0, 0.05) is 16.6 Å². The van der Waals surface area contributed by atoms with Crippen molar-refractivity contribution in [3.8, 4) is 0 Å². The summed E-state index contributed by atoms with van der Waals surface area (Å²) in [6.45, 7) is 2.24. The molecule has 0 aliphatic heterocycles. The first-order valence-corrected chi connectivity index (χ1v) is 7.00. The van der Waals surface area contributed by atoms with Crippen molar-refractivity contribution >= 4 is 22.7 Å². The van der Waals surface area contributed by atoms with Crippen molar-refractivity contribution in [1.82, 2.24) is 4.57 Å². The van der Waals surface area contributed by atoms with E-state index in [4.69, 9.17) is 0 Å². The summed E-state index contributed by atoms with van der Waals surface area (Å²) in [5.74, 6) is 0. The Kier molecular flexibility index (Phi) is 3.11. The van der Waals surface area contributed by atoms with E-state index in [1.165, 1.54) is 15.8 Å². The van der Waals surface area contributed by atoms with Crippen LogP contribution in [0.1, 0.15) is 12.3 Å². The Bertz CT molecular complexity index is 642. The SMILES string of the molecule is CC(Sc1ccccc1)n1ccc2ccccc21. The van der Waals surface area contributed by atoms with E-state index in [0.717, 1.165) is 0 Å². The molecule has 0 aliphatic carbocycles. The van der Waals surface area contributed by atoms with Crippen LogP contribution in [0, 0.1) is 0 Å². The monoisotopic (exact) mass is 253 g/mol. The van der Waals surface area contributed by atoms with Gasteiger partial charge in [0.15, 0.2) is 0 Å². The fourth-order valence-electron chi connectivity index (χ4n) is 2.17. The summed E-state index contributed by atoms with van der Waals surface area (Å²) in [6, 6.07) is 21.2. The lowest BCUT2D eigenvalue weighted by molar-refractivity contribution is 0.772. The van der Waals surface area contributed by atoms with Gasteiger partial charge in [0.1, 0.15) is 0 Å². The number of rotatable bonds is 3. The fraction of sp³-hybridized carbons (Fsp3) is 0.125. The van der Waals surface area contributed by atoms with Crippen molar-refractivity contribution in [3.05, 3.63) is 66.9 Å². The summed E-state index contributed by atoms with van der Waals surface area (Å²) in [5, 5.41) is 1.70. The molecular weight excluding hydrogens is 238 g/mol. The van der Waals surface area contributed by atoms with Gasteiger partial charge in [-0.1, -0.05) is 36.4 Å². The van der Waals surface area contributed by atoms with Crippen LogP contribution >= 0.6 is 11.8 Å². The molecule has 0 spiro atoms. The number of aromatic nitrogens is 1. The van der Waals surface area contributed by atoms with Crippen LogP contribution in [0.3, 0.4) is 0 Å². The van der Waals surface area contributed by atoms with E-state index in [9.17, 15) is 0 Å². The van der Waals surface area contributed by atoms with E-state index in [0.29, 0.717) is 5.37 Å². The molecule has 1 aromatic heterocycles. The van der Waals surface area contributed by atoms with Gasteiger partial charge in [0.05, 0.1) is 5.37 Å². The minimum atomic E-state index is 0.396. The van der Waals surface area contributed by atoms with Crippen LogP contribution < -0.4 is 0 Å². The average molecular weight is 253 g/mol. The molecule has 0 radical (unpaired) electrons. The third-order valence-corrected chi connectivity index (χ3v) is 4.18. The van der Waals surface area contributed by atoms with Gasteiger partial charge in [-0.25, -0.2) is 0 Å². The minimum Gasteiger partial charge on any atom is -0.335 e. The smallest absolute Gasteiger partial charge is 0.0811 e. The predicted octanol–water partition coefficient (Wildman–Crippen LogP) is 4.95. The van der Waals surface area contributed by atoms with Crippen LogP contribution in [0.15, 0.2) is 71.8 Å². The van der Waals surface area contributed by atoms with Gasteiger partial charge in [-0.2, -0.15) is 0 Å². The second-order valence-electron chi connectivity index (χ2n) is 4.31.